The molecule has 114 valence electrons. The summed E-state index contributed by atoms with van der Waals surface area (Å²) in [5.41, 5.74) is 2.06. The summed E-state index contributed by atoms with van der Waals surface area (Å²) in [6.07, 6.45) is 2.85. The number of halogens is 1. The van der Waals surface area contributed by atoms with Gasteiger partial charge in [-0.15, -0.1) is 12.4 Å². The Hall–Kier alpha value is -1.39. The number of aryl methyl sites for hydroxylation is 1. The monoisotopic (exact) mass is 327 g/mol. The lowest BCUT2D eigenvalue weighted by molar-refractivity contribution is 0.581. The number of hydrogen-bond donors (Lipinski definition) is 2. The van der Waals surface area contributed by atoms with Gasteiger partial charge in [-0.3, -0.25) is 0 Å². The van der Waals surface area contributed by atoms with E-state index >= 15 is 0 Å². The van der Waals surface area contributed by atoms with Crippen molar-refractivity contribution in [3.05, 3.63) is 41.0 Å². The maximum absolute atomic E-state index is 12.3. The van der Waals surface area contributed by atoms with Crippen LogP contribution in [-0.2, 0) is 10.0 Å². The lowest BCUT2D eigenvalue weighted by Crippen LogP contribution is -2.30. The summed E-state index contributed by atoms with van der Waals surface area (Å²) < 4.78 is 27.2. The number of sulfonamides is 1. The van der Waals surface area contributed by atoms with Crippen molar-refractivity contribution in [3.63, 3.8) is 0 Å². The Bertz CT molecular complexity index is 678. The van der Waals surface area contributed by atoms with Crippen molar-refractivity contribution in [2.24, 2.45) is 0 Å². The van der Waals surface area contributed by atoms with Crippen LogP contribution in [0, 0.1) is 18.3 Å². The van der Waals surface area contributed by atoms with Gasteiger partial charge in [-0.05, 0) is 37.6 Å². The summed E-state index contributed by atoms with van der Waals surface area (Å²) in [6, 6.07) is 6.64. The maximum Gasteiger partial charge on any atom is 0.241 e. The first-order valence-electron chi connectivity index (χ1n) is 6.42. The number of nitriles is 1. The Kier molecular flexibility index (Phi) is 6.37. The van der Waals surface area contributed by atoms with Crippen LogP contribution in [0.5, 0.6) is 0 Å². The van der Waals surface area contributed by atoms with E-state index in [1.54, 1.807) is 19.1 Å². The molecule has 5 nitrogen and oxygen atoms in total. The van der Waals surface area contributed by atoms with Crippen LogP contribution < -0.4 is 10.0 Å². The van der Waals surface area contributed by atoms with Crippen LogP contribution in [0.15, 0.2) is 34.7 Å². The third kappa shape index (κ3) is 4.55. The molecule has 0 aliphatic carbocycles. The normalized spacial score (nSPS) is 14.8. The molecule has 1 heterocycles. The van der Waals surface area contributed by atoms with E-state index in [0.29, 0.717) is 17.7 Å². The van der Waals surface area contributed by atoms with Crippen LogP contribution in [-0.4, -0.2) is 28.1 Å². The van der Waals surface area contributed by atoms with Crippen molar-refractivity contribution < 1.29 is 8.42 Å². The summed E-state index contributed by atoms with van der Waals surface area (Å²) in [7, 11) is -3.59. The van der Waals surface area contributed by atoms with E-state index in [-0.39, 0.29) is 17.3 Å². The van der Waals surface area contributed by atoms with Crippen molar-refractivity contribution in [2.45, 2.75) is 18.2 Å². The Morgan fingerprint density at radius 1 is 1.43 bits per heavy atom. The third-order valence-corrected chi connectivity index (χ3v) is 4.80. The van der Waals surface area contributed by atoms with Gasteiger partial charge in [0.05, 0.1) is 16.5 Å². The predicted octanol–water partition coefficient (Wildman–Crippen LogP) is 1.49. The summed E-state index contributed by atoms with van der Waals surface area (Å²) in [5, 5.41) is 12.0. The summed E-state index contributed by atoms with van der Waals surface area (Å²) in [5.74, 6) is 0. The van der Waals surface area contributed by atoms with Crippen LogP contribution >= 0.6 is 12.4 Å². The van der Waals surface area contributed by atoms with Gasteiger partial charge in [0.15, 0.2) is 0 Å². The second kappa shape index (κ2) is 7.57. The van der Waals surface area contributed by atoms with E-state index in [1.165, 1.54) is 6.07 Å². The van der Waals surface area contributed by atoms with E-state index in [4.69, 9.17) is 5.26 Å². The molecule has 2 N–H and O–H groups in total. The second-order valence-corrected chi connectivity index (χ2v) is 6.47. The zero-order chi connectivity index (χ0) is 14.6. The average Bonchev–Trinajstić information content (AvgIpc) is 2.47. The summed E-state index contributed by atoms with van der Waals surface area (Å²) in [6.45, 7) is 3.69. The fourth-order valence-electron chi connectivity index (χ4n) is 2.05. The Morgan fingerprint density at radius 3 is 2.81 bits per heavy atom. The van der Waals surface area contributed by atoms with Gasteiger partial charge < -0.3 is 5.32 Å². The van der Waals surface area contributed by atoms with Gasteiger partial charge >= 0.3 is 0 Å². The number of rotatable bonds is 4. The Labute approximate surface area is 131 Å². The molecule has 0 radical (unpaired) electrons. The fourth-order valence-corrected chi connectivity index (χ4v) is 3.36. The van der Waals surface area contributed by atoms with Gasteiger partial charge in [-0.1, -0.05) is 17.7 Å². The highest BCUT2D eigenvalue weighted by molar-refractivity contribution is 7.89. The highest BCUT2D eigenvalue weighted by Gasteiger charge is 2.18. The highest BCUT2D eigenvalue weighted by Crippen LogP contribution is 2.17. The molecule has 0 saturated heterocycles. The second-order valence-electron chi connectivity index (χ2n) is 4.73. The minimum atomic E-state index is -3.59. The predicted molar refractivity (Wildman–Crippen MR) is 83.9 cm³/mol. The highest BCUT2D eigenvalue weighted by atomic mass is 35.5. The molecule has 0 fully saturated rings. The summed E-state index contributed by atoms with van der Waals surface area (Å²) in [4.78, 5) is 0.172. The van der Waals surface area contributed by atoms with E-state index in [2.05, 4.69) is 10.0 Å². The van der Waals surface area contributed by atoms with E-state index < -0.39 is 10.0 Å². The van der Waals surface area contributed by atoms with Crippen LogP contribution in [0.25, 0.3) is 0 Å². The van der Waals surface area contributed by atoms with E-state index in [1.807, 2.05) is 12.1 Å². The zero-order valence-corrected chi connectivity index (χ0v) is 13.4. The van der Waals surface area contributed by atoms with E-state index in [0.717, 1.165) is 25.1 Å². The third-order valence-electron chi connectivity index (χ3n) is 3.25. The minimum Gasteiger partial charge on any atom is -0.313 e. The molecule has 0 spiro atoms. The SMILES string of the molecule is Cc1ccc(C#N)cc1S(=O)(=O)NCC1=CCNCC1.Cl. The molecular weight excluding hydrogens is 310 g/mol. The van der Waals surface area contributed by atoms with Gasteiger partial charge in [0.1, 0.15) is 0 Å². The van der Waals surface area contributed by atoms with Gasteiger partial charge in [0.2, 0.25) is 10.0 Å². The van der Waals surface area contributed by atoms with Crippen molar-refractivity contribution >= 4 is 22.4 Å². The zero-order valence-electron chi connectivity index (χ0n) is 11.7. The number of nitrogens with one attached hydrogen (secondary N) is 2. The molecule has 7 heteroatoms. The van der Waals surface area contributed by atoms with Gasteiger partial charge in [-0.25, -0.2) is 13.1 Å². The average molecular weight is 328 g/mol. The van der Waals surface area contributed by atoms with Crippen molar-refractivity contribution in [1.29, 1.82) is 5.26 Å². The number of nitrogens with zero attached hydrogens (tertiary/aromatic N) is 1. The quantitative estimate of drug-likeness (QED) is 0.821. The molecule has 0 bridgehead atoms. The molecule has 0 amide bonds. The molecule has 2 rings (SSSR count). The first kappa shape index (κ1) is 17.7. The van der Waals surface area contributed by atoms with Crippen LogP contribution in [0.2, 0.25) is 0 Å². The molecule has 1 aliphatic heterocycles. The lowest BCUT2D eigenvalue weighted by Gasteiger charge is -2.15. The van der Waals surface area contributed by atoms with Crippen LogP contribution in [0.3, 0.4) is 0 Å². The smallest absolute Gasteiger partial charge is 0.241 e. The summed E-state index contributed by atoms with van der Waals surface area (Å²) >= 11 is 0. The van der Waals surface area contributed by atoms with Gasteiger partial charge in [0.25, 0.3) is 0 Å². The molecule has 0 aromatic heterocycles. The first-order chi connectivity index (χ1) is 9.53. The molecule has 1 aromatic rings. The van der Waals surface area contributed by atoms with E-state index in [9.17, 15) is 8.42 Å². The molecule has 1 aromatic carbocycles. The van der Waals surface area contributed by atoms with Gasteiger partial charge in [0, 0.05) is 13.1 Å². The van der Waals surface area contributed by atoms with Crippen molar-refractivity contribution in [1.82, 2.24) is 10.0 Å². The number of hydrogen-bond acceptors (Lipinski definition) is 4. The largest absolute Gasteiger partial charge is 0.313 e. The Morgan fingerprint density at radius 2 is 2.19 bits per heavy atom. The standard InChI is InChI=1S/C14H17N3O2S.ClH/c1-11-2-3-13(9-15)8-14(11)20(18,19)17-10-12-4-6-16-7-5-12;/h2-4,8,16-17H,5-7,10H2,1H3;1H. The molecule has 0 saturated carbocycles. The van der Waals surface area contributed by atoms with Gasteiger partial charge in [-0.2, -0.15) is 5.26 Å². The fraction of sp³-hybridized carbons (Fsp3) is 0.357. The minimum absolute atomic E-state index is 0. The Balaban J connectivity index is 0.00000220. The van der Waals surface area contributed by atoms with Crippen LogP contribution in [0.1, 0.15) is 17.5 Å². The van der Waals surface area contributed by atoms with Crippen molar-refractivity contribution in [3.8, 4) is 6.07 Å². The lowest BCUT2D eigenvalue weighted by atomic mass is 10.1. The number of benzene rings is 1. The molecule has 21 heavy (non-hydrogen) atoms. The molecule has 0 unspecified atom stereocenters. The maximum atomic E-state index is 12.3. The topological polar surface area (TPSA) is 82.0 Å². The molecule has 0 atom stereocenters. The molecule has 1 aliphatic rings. The first-order valence-corrected chi connectivity index (χ1v) is 7.90. The van der Waals surface area contributed by atoms with Crippen molar-refractivity contribution in [2.75, 3.05) is 19.6 Å². The molecular formula is C14H18ClN3O2S. The van der Waals surface area contributed by atoms with Crippen LogP contribution in [0.4, 0.5) is 0 Å².